The van der Waals surface area contributed by atoms with Gasteiger partial charge >= 0.3 is 0 Å². The van der Waals surface area contributed by atoms with Crippen molar-refractivity contribution in [1.29, 1.82) is 0 Å². The summed E-state index contributed by atoms with van der Waals surface area (Å²) in [7, 11) is 0. The van der Waals surface area contributed by atoms with Crippen LogP contribution in [0.2, 0.25) is 5.02 Å². The van der Waals surface area contributed by atoms with Crippen molar-refractivity contribution in [2.24, 2.45) is 5.90 Å². The van der Waals surface area contributed by atoms with E-state index in [0.29, 0.717) is 11.6 Å². The molecular weight excluding hydrogens is 194 g/mol. The van der Waals surface area contributed by atoms with Crippen molar-refractivity contribution in [2.75, 3.05) is 6.26 Å². The Kier molecular flexibility index (Phi) is 3.88. The summed E-state index contributed by atoms with van der Waals surface area (Å²) in [6.45, 7) is 0.400. The quantitative estimate of drug-likeness (QED) is 0.606. The van der Waals surface area contributed by atoms with Crippen LogP contribution in [0.5, 0.6) is 0 Å². The fourth-order valence-corrected chi connectivity index (χ4v) is 1.73. The Labute approximate surface area is 81.0 Å². The zero-order valence-corrected chi connectivity index (χ0v) is 8.28. The highest BCUT2D eigenvalue weighted by Crippen LogP contribution is 2.23. The van der Waals surface area contributed by atoms with Crippen molar-refractivity contribution in [3.05, 3.63) is 28.8 Å². The molecule has 0 saturated carbocycles. The normalized spacial score (nSPS) is 10.2. The van der Waals surface area contributed by atoms with Gasteiger partial charge in [0, 0.05) is 9.92 Å². The predicted molar refractivity (Wildman–Crippen MR) is 52.2 cm³/mol. The minimum Gasteiger partial charge on any atom is -0.300 e. The van der Waals surface area contributed by atoms with E-state index in [1.807, 2.05) is 24.5 Å². The fraction of sp³-hybridized carbons (Fsp3) is 0.250. The third kappa shape index (κ3) is 2.38. The van der Waals surface area contributed by atoms with Crippen LogP contribution in [0.25, 0.3) is 0 Å². The topological polar surface area (TPSA) is 35.2 Å². The van der Waals surface area contributed by atoms with Crippen molar-refractivity contribution >= 4 is 23.4 Å². The lowest BCUT2D eigenvalue weighted by Gasteiger charge is -2.05. The Morgan fingerprint density at radius 3 is 2.92 bits per heavy atom. The summed E-state index contributed by atoms with van der Waals surface area (Å²) in [5, 5.41) is 0.708. The number of hydrogen-bond acceptors (Lipinski definition) is 3. The lowest BCUT2D eigenvalue weighted by atomic mass is 10.2. The molecule has 0 unspecified atom stereocenters. The van der Waals surface area contributed by atoms with Crippen LogP contribution >= 0.6 is 23.4 Å². The highest BCUT2D eigenvalue weighted by molar-refractivity contribution is 7.98. The number of hydrogen-bond donors (Lipinski definition) is 1. The molecule has 2 N–H and O–H groups in total. The van der Waals surface area contributed by atoms with Gasteiger partial charge in [0.2, 0.25) is 0 Å². The van der Waals surface area contributed by atoms with E-state index in [2.05, 4.69) is 4.84 Å². The molecule has 0 saturated heterocycles. The molecule has 0 aliphatic heterocycles. The zero-order chi connectivity index (χ0) is 8.97. The molecule has 0 fully saturated rings. The Balaban J connectivity index is 2.95. The average molecular weight is 204 g/mol. The van der Waals surface area contributed by atoms with Crippen LogP contribution < -0.4 is 5.90 Å². The molecule has 66 valence electrons. The molecule has 0 radical (unpaired) electrons. The summed E-state index contributed by atoms with van der Waals surface area (Å²) in [4.78, 5) is 5.70. The van der Waals surface area contributed by atoms with Crippen LogP contribution in [0.3, 0.4) is 0 Å². The van der Waals surface area contributed by atoms with Crippen molar-refractivity contribution in [3.63, 3.8) is 0 Å². The van der Waals surface area contributed by atoms with E-state index in [0.717, 1.165) is 10.5 Å². The predicted octanol–water partition coefficient (Wildman–Crippen LogP) is 2.45. The maximum atomic E-state index is 5.80. The van der Waals surface area contributed by atoms with Gasteiger partial charge in [-0.1, -0.05) is 11.6 Å². The van der Waals surface area contributed by atoms with Crippen LogP contribution in [0.4, 0.5) is 0 Å². The van der Waals surface area contributed by atoms with Gasteiger partial charge in [-0.3, -0.25) is 4.84 Å². The van der Waals surface area contributed by atoms with Crippen molar-refractivity contribution in [2.45, 2.75) is 11.5 Å². The number of rotatable bonds is 3. The Bertz CT molecular complexity index is 267. The second-order valence-corrected chi connectivity index (χ2v) is 3.55. The summed E-state index contributed by atoms with van der Waals surface area (Å²) in [6, 6.07) is 5.68. The van der Waals surface area contributed by atoms with Gasteiger partial charge < -0.3 is 0 Å². The molecule has 1 rings (SSSR count). The van der Waals surface area contributed by atoms with E-state index in [1.165, 1.54) is 0 Å². The SMILES string of the molecule is CSc1ccc(Cl)cc1CON. The fourth-order valence-electron chi connectivity index (χ4n) is 0.950. The second kappa shape index (κ2) is 4.72. The third-order valence-corrected chi connectivity index (χ3v) is 2.55. The van der Waals surface area contributed by atoms with Gasteiger partial charge in [-0.25, -0.2) is 5.90 Å². The molecule has 0 amide bonds. The zero-order valence-electron chi connectivity index (χ0n) is 6.71. The van der Waals surface area contributed by atoms with Gasteiger partial charge in [0.1, 0.15) is 0 Å². The molecule has 1 aromatic rings. The van der Waals surface area contributed by atoms with Crippen molar-refractivity contribution in [3.8, 4) is 0 Å². The highest BCUT2D eigenvalue weighted by Gasteiger charge is 2.01. The van der Waals surface area contributed by atoms with Crippen molar-refractivity contribution in [1.82, 2.24) is 0 Å². The van der Waals surface area contributed by atoms with E-state index in [9.17, 15) is 0 Å². The Morgan fingerprint density at radius 2 is 2.33 bits per heavy atom. The molecule has 12 heavy (non-hydrogen) atoms. The first-order chi connectivity index (χ1) is 5.77. The van der Waals surface area contributed by atoms with E-state index in [1.54, 1.807) is 11.8 Å². The van der Waals surface area contributed by atoms with Crippen LogP contribution in [0.15, 0.2) is 23.1 Å². The first-order valence-corrected chi connectivity index (χ1v) is 5.02. The molecule has 1 aromatic carbocycles. The van der Waals surface area contributed by atoms with Gasteiger partial charge in [-0.2, -0.15) is 0 Å². The van der Waals surface area contributed by atoms with Crippen molar-refractivity contribution < 1.29 is 4.84 Å². The number of halogens is 1. The monoisotopic (exact) mass is 203 g/mol. The highest BCUT2D eigenvalue weighted by atomic mass is 35.5. The minimum atomic E-state index is 0.400. The lowest BCUT2D eigenvalue weighted by Crippen LogP contribution is -1.99. The molecule has 2 nitrogen and oxygen atoms in total. The number of thioether (sulfide) groups is 1. The van der Waals surface area contributed by atoms with Crippen LogP contribution in [-0.2, 0) is 11.4 Å². The third-order valence-electron chi connectivity index (χ3n) is 1.48. The molecular formula is C8H10ClNOS. The first kappa shape index (κ1) is 9.86. The standard InChI is InChI=1S/C8H10ClNOS/c1-12-8-3-2-7(9)4-6(8)5-11-10/h2-4H,5,10H2,1H3. The Hall–Kier alpha value is -0.220. The molecule has 0 heterocycles. The first-order valence-electron chi connectivity index (χ1n) is 3.42. The summed E-state index contributed by atoms with van der Waals surface area (Å²) in [6.07, 6.45) is 2.00. The van der Waals surface area contributed by atoms with E-state index < -0.39 is 0 Å². The van der Waals surface area contributed by atoms with Gasteiger partial charge in [0.05, 0.1) is 6.61 Å². The summed E-state index contributed by atoms with van der Waals surface area (Å²) in [5.41, 5.74) is 1.03. The molecule has 0 aliphatic rings. The van der Waals surface area contributed by atoms with E-state index in [-0.39, 0.29) is 0 Å². The molecule has 0 spiro atoms. The smallest absolute Gasteiger partial charge is 0.0941 e. The van der Waals surface area contributed by atoms with Gasteiger partial charge in [0.25, 0.3) is 0 Å². The van der Waals surface area contributed by atoms with E-state index in [4.69, 9.17) is 17.5 Å². The minimum absolute atomic E-state index is 0.400. The maximum absolute atomic E-state index is 5.80. The van der Waals surface area contributed by atoms with Gasteiger partial charge in [-0.15, -0.1) is 11.8 Å². The number of nitrogens with two attached hydrogens (primary N) is 1. The Morgan fingerprint density at radius 1 is 1.58 bits per heavy atom. The van der Waals surface area contributed by atoms with Gasteiger partial charge in [-0.05, 0) is 30.0 Å². The molecule has 0 atom stereocenters. The molecule has 4 heteroatoms. The van der Waals surface area contributed by atoms with Crippen LogP contribution in [-0.4, -0.2) is 6.26 Å². The summed E-state index contributed by atoms with van der Waals surface area (Å²) < 4.78 is 0. The van der Waals surface area contributed by atoms with Crippen LogP contribution in [0, 0.1) is 0 Å². The maximum Gasteiger partial charge on any atom is 0.0941 e. The second-order valence-electron chi connectivity index (χ2n) is 2.27. The average Bonchev–Trinajstić information content (AvgIpc) is 2.05. The molecule has 0 aromatic heterocycles. The summed E-state index contributed by atoms with van der Waals surface area (Å²) >= 11 is 7.45. The molecule has 0 bridgehead atoms. The lowest BCUT2D eigenvalue weighted by molar-refractivity contribution is 0.122. The largest absolute Gasteiger partial charge is 0.300 e. The van der Waals surface area contributed by atoms with Gasteiger partial charge in [0.15, 0.2) is 0 Å². The molecule has 0 aliphatic carbocycles. The number of benzene rings is 1. The van der Waals surface area contributed by atoms with E-state index >= 15 is 0 Å². The van der Waals surface area contributed by atoms with Crippen LogP contribution in [0.1, 0.15) is 5.56 Å². The summed E-state index contributed by atoms with van der Waals surface area (Å²) in [5.74, 6) is 4.98.